The van der Waals surface area contributed by atoms with Gasteiger partial charge in [0, 0.05) is 53.7 Å². The molecule has 0 aliphatic rings. The van der Waals surface area contributed by atoms with Gasteiger partial charge in [0.25, 0.3) is 5.91 Å². The highest BCUT2D eigenvalue weighted by Gasteiger charge is 2.14. The number of nitrogens with zero attached hydrogens (tertiary/aromatic N) is 1. The van der Waals surface area contributed by atoms with Gasteiger partial charge in [-0.05, 0) is 19.1 Å². The quantitative estimate of drug-likeness (QED) is 0.132. The Morgan fingerprint density at radius 1 is 0.944 bits per heavy atom. The second-order valence-corrected chi connectivity index (χ2v) is 10.6. The lowest BCUT2D eigenvalue weighted by Gasteiger charge is -2.12. The van der Waals surface area contributed by atoms with Crippen LogP contribution in [0.5, 0.6) is 0 Å². The van der Waals surface area contributed by atoms with Crippen LogP contribution < -0.4 is 32.0 Å². The van der Waals surface area contributed by atoms with Crippen molar-refractivity contribution in [1.82, 2.24) is 10.6 Å². The fraction of sp³-hybridized carbons (Fsp3) is 0.269. The van der Waals surface area contributed by atoms with Crippen molar-refractivity contribution in [2.75, 3.05) is 42.2 Å². The first-order valence-electron chi connectivity index (χ1n) is 11.7. The molecule has 1 aromatic heterocycles. The van der Waals surface area contributed by atoms with Crippen molar-refractivity contribution in [3.63, 3.8) is 0 Å². The number of para-hydroxylation sites is 2. The molecule has 3 rings (SSSR count). The molecule has 0 aliphatic heterocycles. The molecule has 0 aliphatic carbocycles. The van der Waals surface area contributed by atoms with Crippen molar-refractivity contribution >= 4 is 61.4 Å². The Balaban J connectivity index is 1.26. The van der Waals surface area contributed by atoms with Crippen molar-refractivity contribution in [1.29, 1.82) is 0 Å². The summed E-state index contributed by atoms with van der Waals surface area (Å²) in [6, 6.07) is 17.2. The van der Waals surface area contributed by atoms with Gasteiger partial charge in [-0.25, -0.2) is 0 Å². The largest absolute Gasteiger partial charge is 0.398 e. The van der Waals surface area contributed by atoms with Crippen LogP contribution in [0.15, 0.2) is 66.9 Å². The highest BCUT2D eigenvalue weighted by atomic mass is 33.1. The van der Waals surface area contributed by atoms with Crippen molar-refractivity contribution in [3.8, 4) is 0 Å². The third-order valence-electron chi connectivity index (χ3n) is 5.36. The number of nitrogens with one attached hydrogen (secondary N) is 3. The summed E-state index contributed by atoms with van der Waals surface area (Å²) >= 11 is 0. The first-order valence-corrected chi connectivity index (χ1v) is 14.2. The number of nitrogens with two attached hydrogens (primary N) is 2. The highest BCUT2D eigenvalue weighted by molar-refractivity contribution is 8.76. The molecule has 0 fully saturated rings. The number of pyridine rings is 1. The smallest absolute Gasteiger partial charge is 0.286 e. The summed E-state index contributed by atoms with van der Waals surface area (Å²) in [5, 5.41) is 9.94. The second kappa shape index (κ2) is 14.3. The predicted octanol–water partition coefficient (Wildman–Crippen LogP) is 2.75. The van der Waals surface area contributed by atoms with Gasteiger partial charge in [-0.3, -0.25) is 9.59 Å². The van der Waals surface area contributed by atoms with Gasteiger partial charge >= 0.3 is 0 Å². The van der Waals surface area contributed by atoms with Crippen LogP contribution in [0, 0.1) is 0 Å². The lowest BCUT2D eigenvalue weighted by molar-refractivity contribution is -0.658. The molecule has 1 heterocycles. The summed E-state index contributed by atoms with van der Waals surface area (Å²) in [5.74, 6) is 1.44. The Kier molecular flexibility index (Phi) is 10.8. The zero-order valence-corrected chi connectivity index (χ0v) is 22.0. The molecular formula is C26H33N6O2S2+. The molecule has 0 bridgehead atoms. The number of benzene rings is 2. The van der Waals surface area contributed by atoms with Gasteiger partial charge in [0.15, 0.2) is 6.20 Å². The van der Waals surface area contributed by atoms with E-state index < -0.39 is 0 Å². The number of carbonyl (C=O) groups is 2. The summed E-state index contributed by atoms with van der Waals surface area (Å²) in [6.07, 6.45) is 3.67. The van der Waals surface area contributed by atoms with E-state index in [1.807, 2.05) is 78.4 Å². The van der Waals surface area contributed by atoms with E-state index in [2.05, 4.69) is 16.0 Å². The topological polar surface area (TPSA) is 126 Å². The summed E-state index contributed by atoms with van der Waals surface area (Å²) in [6.45, 7) is 3.45. The molecule has 0 saturated carbocycles. The Labute approximate surface area is 219 Å². The average Bonchev–Trinajstić information content (AvgIpc) is 2.90. The maximum Gasteiger partial charge on any atom is 0.286 e. The highest BCUT2D eigenvalue weighted by Crippen LogP contribution is 2.21. The van der Waals surface area contributed by atoms with Crippen LogP contribution >= 0.6 is 21.6 Å². The van der Waals surface area contributed by atoms with Crippen molar-refractivity contribution in [2.45, 2.75) is 13.5 Å². The van der Waals surface area contributed by atoms with Crippen LogP contribution in [0.2, 0.25) is 0 Å². The number of allylic oxidation sites excluding steroid dienone is 1. The molecule has 36 heavy (non-hydrogen) atoms. The maximum atomic E-state index is 12.3. The zero-order valence-electron chi connectivity index (χ0n) is 20.3. The molecule has 190 valence electrons. The second-order valence-electron chi connectivity index (χ2n) is 7.90. The molecule has 3 aromatic rings. The molecule has 7 N–H and O–H groups in total. The summed E-state index contributed by atoms with van der Waals surface area (Å²) in [5.41, 5.74) is 16.1. The molecule has 0 saturated heterocycles. The molecule has 0 radical (unpaired) electrons. The van der Waals surface area contributed by atoms with E-state index in [9.17, 15) is 9.59 Å². The van der Waals surface area contributed by atoms with Crippen LogP contribution in [0.3, 0.4) is 0 Å². The number of hydrogen-bond donors (Lipinski definition) is 5. The standard InChI is InChI=1S/C26H32N6O2S2/c1-2-21(27)19-7-3-5-9-23(19)31-17-25(33)29-12-15-35-36-16-13-30-26(34)18-32-14-11-22(28)20-8-4-6-10-24(20)32/h2-11,14,28,31H,12-13,15-18,27H2,1H3,(H2,29,30,33,34)/p+1/b21-2+. The van der Waals surface area contributed by atoms with Gasteiger partial charge in [-0.15, -0.1) is 0 Å². The third kappa shape index (κ3) is 8.10. The fourth-order valence-electron chi connectivity index (χ4n) is 3.52. The summed E-state index contributed by atoms with van der Waals surface area (Å²) in [7, 11) is 3.33. The predicted molar refractivity (Wildman–Crippen MR) is 152 cm³/mol. The van der Waals surface area contributed by atoms with Gasteiger partial charge in [0.05, 0.1) is 17.6 Å². The lowest BCUT2D eigenvalue weighted by atomic mass is 10.1. The number of aromatic nitrogens is 1. The van der Waals surface area contributed by atoms with Gasteiger partial charge in [-0.1, -0.05) is 58.0 Å². The molecule has 0 atom stereocenters. The van der Waals surface area contributed by atoms with Crippen molar-refractivity contribution < 1.29 is 14.2 Å². The Hall–Kier alpha value is -3.37. The molecular weight excluding hydrogens is 492 g/mol. The molecule has 8 nitrogen and oxygen atoms in total. The van der Waals surface area contributed by atoms with Gasteiger partial charge in [0.1, 0.15) is 0 Å². The molecule has 0 spiro atoms. The minimum absolute atomic E-state index is 0.0435. The van der Waals surface area contributed by atoms with E-state index in [4.69, 9.17) is 11.5 Å². The Bertz CT molecular complexity index is 1220. The SMILES string of the molecule is C/C=C(/N)c1ccccc1NCC(=O)NCCSSCCNC(=O)C[n+]1ccc(N)c2ccccc21. The number of amides is 2. The van der Waals surface area contributed by atoms with Crippen LogP contribution in [0.4, 0.5) is 11.4 Å². The van der Waals surface area contributed by atoms with E-state index in [-0.39, 0.29) is 24.9 Å². The third-order valence-corrected chi connectivity index (χ3v) is 7.77. The minimum Gasteiger partial charge on any atom is -0.398 e. The van der Waals surface area contributed by atoms with E-state index in [1.165, 1.54) is 0 Å². The zero-order chi connectivity index (χ0) is 25.8. The molecule has 2 aromatic carbocycles. The lowest BCUT2D eigenvalue weighted by Crippen LogP contribution is -2.43. The van der Waals surface area contributed by atoms with E-state index in [0.717, 1.165) is 33.7 Å². The number of hydrogen-bond acceptors (Lipinski definition) is 7. The Morgan fingerprint density at radius 2 is 1.61 bits per heavy atom. The molecule has 2 amide bonds. The molecule has 10 heteroatoms. The maximum absolute atomic E-state index is 12.3. The monoisotopic (exact) mass is 525 g/mol. The van der Waals surface area contributed by atoms with E-state index in [1.54, 1.807) is 21.6 Å². The number of nitrogen functional groups attached to an aromatic ring is 1. The first-order chi connectivity index (χ1) is 17.5. The number of anilines is 2. The Morgan fingerprint density at radius 3 is 2.36 bits per heavy atom. The number of fused-ring (bicyclic) bond motifs is 1. The summed E-state index contributed by atoms with van der Waals surface area (Å²) in [4.78, 5) is 24.5. The first kappa shape index (κ1) is 27.2. The van der Waals surface area contributed by atoms with Gasteiger partial charge < -0.3 is 27.4 Å². The van der Waals surface area contributed by atoms with Gasteiger partial charge in [-0.2, -0.15) is 4.57 Å². The van der Waals surface area contributed by atoms with Crippen LogP contribution in [0.1, 0.15) is 12.5 Å². The van der Waals surface area contributed by atoms with Gasteiger partial charge in [0.2, 0.25) is 18.0 Å². The minimum atomic E-state index is -0.0746. The van der Waals surface area contributed by atoms with E-state index in [0.29, 0.717) is 24.5 Å². The van der Waals surface area contributed by atoms with E-state index >= 15 is 0 Å². The van der Waals surface area contributed by atoms with Crippen LogP contribution in [-0.4, -0.2) is 43.0 Å². The number of carbonyl (C=O) groups excluding carboxylic acids is 2. The number of rotatable bonds is 13. The van der Waals surface area contributed by atoms with Crippen molar-refractivity contribution in [2.24, 2.45) is 5.73 Å². The van der Waals surface area contributed by atoms with Crippen molar-refractivity contribution in [3.05, 3.63) is 72.4 Å². The average molecular weight is 526 g/mol. The molecule has 0 unspecified atom stereocenters. The fourth-order valence-corrected chi connectivity index (χ4v) is 5.34. The normalized spacial score (nSPS) is 11.3. The van der Waals surface area contributed by atoms with Crippen LogP contribution in [-0.2, 0) is 16.1 Å². The van der Waals surface area contributed by atoms with Crippen LogP contribution in [0.25, 0.3) is 16.6 Å². The summed E-state index contributed by atoms with van der Waals surface area (Å²) < 4.78 is 1.90.